The van der Waals surface area contributed by atoms with E-state index >= 15 is 0 Å². The Morgan fingerprint density at radius 2 is 1.81 bits per heavy atom. The van der Waals surface area contributed by atoms with E-state index < -0.39 is 17.9 Å². The average Bonchev–Trinajstić information content (AvgIpc) is 3.35. The maximum Gasteiger partial charge on any atom is 0.262 e. The summed E-state index contributed by atoms with van der Waals surface area (Å²) in [5, 5.41) is 6.88. The van der Waals surface area contributed by atoms with Crippen LogP contribution in [0.1, 0.15) is 35.3 Å². The minimum Gasteiger partial charge on any atom is -0.488 e. The minimum absolute atomic E-state index is 0.119. The van der Waals surface area contributed by atoms with Crippen LogP contribution in [0.25, 0.3) is 0 Å². The van der Waals surface area contributed by atoms with Crippen molar-refractivity contribution < 1.29 is 23.8 Å². The molecule has 0 spiro atoms. The lowest BCUT2D eigenvalue weighted by molar-refractivity contribution is -0.123. The quantitative estimate of drug-likeness (QED) is 0.297. The van der Waals surface area contributed by atoms with Crippen molar-refractivity contribution in [2.45, 2.75) is 26.5 Å². The molecule has 1 atom stereocenters. The van der Waals surface area contributed by atoms with Crippen LogP contribution in [0.2, 0.25) is 0 Å². The van der Waals surface area contributed by atoms with E-state index in [-0.39, 0.29) is 12.7 Å². The summed E-state index contributed by atoms with van der Waals surface area (Å²) in [6.07, 6.45) is 1.52. The standard InChI is InChI=1S/C27H26BrN3O5/c1-17(2)25(30-26(32)19-9-12-23-24(13-19)36-16-35-23)27(33)31-29-14-20-5-3-4-6-22(20)34-15-18-7-10-21(28)11-8-18/h3-14,17,25H,15-16H2,1-2H3,(H,30,32)(H,31,33)/b29-14+. The molecule has 1 aliphatic rings. The minimum atomic E-state index is -0.788. The van der Waals surface area contributed by atoms with E-state index in [2.05, 4.69) is 31.8 Å². The van der Waals surface area contributed by atoms with Crippen molar-refractivity contribution in [3.8, 4) is 17.2 Å². The van der Waals surface area contributed by atoms with E-state index in [9.17, 15) is 9.59 Å². The largest absolute Gasteiger partial charge is 0.488 e. The van der Waals surface area contributed by atoms with E-state index in [4.69, 9.17) is 14.2 Å². The van der Waals surface area contributed by atoms with Gasteiger partial charge in [-0.1, -0.05) is 54.0 Å². The molecule has 0 radical (unpaired) electrons. The van der Waals surface area contributed by atoms with Crippen molar-refractivity contribution in [1.29, 1.82) is 0 Å². The zero-order chi connectivity index (χ0) is 25.5. The highest BCUT2D eigenvalue weighted by Crippen LogP contribution is 2.32. The van der Waals surface area contributed by atoms with Crippen LogP contribution < -0.4 is 25.0 Å². The lowest BCUT2D eigenvalue weighted by Gasteiger charge is -2.20. The van der Waals surface area contributed by atoms with Gasteiger partial charge >= 0.3 is 0 Å². The highest BCUT2D eigenvalue weighted by Gasteiger charge is 2.25. The monoisotopic (exact) mass is 551 g/mol. The summed E-state index contributed by atoms with van der Waals surface area (Å²) in [6.45, 7) is 4.21. The molecular weight excluding hydrogens is 526 g/mol. The van der Waals surface area contributed by atoms with E-state index in [0.29, 0.717) is 35.0 Å². The first-order chi connectivity index (χ1) is 17.4. The fourth-order valence-corrected chi connectivity index (χ4v) is 3.76. The van der Waals surface area contributed by atoms with Gasteiger partial charge < -0.3 is 19.5 Å². The van der Waals surface area contributed by atoms with E-state index in [1.165, 1.54) is 6.21 Å². The normalized spacial score (nSPS) is 13.0. The molecule has 3 aromatic rings. The summed E-state index contributed by atoms with van der Waals surface area (Å²) >= 11 is 3.42. The van der Waals surface area contributed by atoms with Gasteiger partial charge in [-0.3, -0.25) is 9.59 Å². The maximum absolute atomic E-state index is 12.8. The molecule has 36 heavy (non-hydrogen) atoms. The van der Waals surface area contributed by atoms with Gasteiger partial charge in [0.05, 0.1) is 6.21 Å². The van der Waals surface area contributed by atoms with Gasteiger partial charge in [0, 0.05) is 15.6 Å². The second-order valence-electron chi connectivity index (χ2n) is 8.45. The van der Waals surface area contributed by atoms with E-state index in [0.717, 1.165) is 10.0 Å². The van der Waals surface area contributed by atoms with Crippen LogP contribution in [0.15, 0.2) is 76.3 Å². The predicted molar refractivity (Wildman–Crippen MR) is 139 cm³/mol. The van der Waals surface area contributed by atoms with Gasteiger partial charge in [0.2, 0.25) is 6.79 Å². The number of nitrogens with zero attached hydrogens (tertiary/aromatic N) is 1. The van der Waals surface area contributed by atoms with Crippen molar-refractivity contribution in [2.24, 2.45) is 11.0 Å². The molecule has 3 aromatic carbocycles. The molecule has 1 aliphatic heterocycles. The summed E-state index contributed by atoms with van der Waals surface area (Å²) in [7, 11) is 0. The second kappa shape index (κ2) is 11.7. The van der Waals surface area contributed by atoms with Gasteiger partial charge in [0.25, 0.3) is 11.8 Å². The van der Waals surface area contributed by atoms with Gasteiger partial charge in [0.1, 0.15) is 18.4 Å². The Kier molecular flexibility index (Phi) is 8.22. The third-order valence-corrected chi connectivity index (χ3v) is 6.00. The number of hydrazone groups is 1. The molecular formula is C27H26BrN3O5. The van der Waals surface area contributed by atoms with Crippen molar-refractivity contribution in [3.63, 3.8) is 0 Å². The number of hydrogen-bond acceptors (Lipinski definition) is 6. The van der Waals surface area contributed by atoms with Crippen LogP contribution in [-0.4, -0.2) is 30.9 Å². The Balaban J connectivity index is 1.37. The Bertz CT molecular complexity index is 1260. The maximum atomic E-state index is 12.8. The van der Waals surface area contributed by atoms with Crippen LogP contribution >= 0.6 is 15.9 Å². The molecule has 1 unspecified atom stereocenters. The van der Waals surface area contributed by atoms with Crippen molar-refractivity contribution in [1.82, 2.24) is 10.7 Å². The molecule has 9 heteroatoms. The molecule has 0 bridgehead atoms. The summed E-state index contributed by atoms with van der Waals surface area (Å²) in [4.78, 5) is 25.6. The van der Waals surface area contributed by atoms with Crippen LogP contribution in [0.5, 0.6) is 17.2 Å². The first kappa shape index (κ1) is 25.2. The first-order valence-corrected chi connectivity index (χ1v) is 12.2. The number of hydrogen-bond donors (Lipinski definition) is 2. The number of amides is 2. The Hall–Kier alpha value is -3.85. The third kappa shape index (κ3) is 6.42. The predicted octanol–water partition coefficient (Wildman–Crippen LogP) is 4.66. The van der Waals surface area contributed by atoms with Gasteiger partial charge in [-0.15, -0.1) is 0 Å². The van der Waals surface area contributed by atoms with Crippen LogP contribution in [0, 0.1) is 5.92 Å². The van der Waals surface area contributed by atoms with Crippen LogP contribution in [0.4, 0.5) is 0 Å². The molecule has 1 heterocycles. The topological polar surface area (TPSA) is 98.2 Å². The first-order valence-electron chi connectivity index (χ1n) is 11.4. The fourth-order valence-electron chi connectivity index (χ4n) is 3.49. The van der Waals surface area contributed by atoms with Gasteiger partial charge in [-0.2, -0.15) is 5.10 Å². The highest BCUT2D eigenvalue weighted by atomic mass is 79.9. The van der Waals surface area contributed by atoms with Crippen LogP contribution in [0.3, 0.4) is 0 Å². The molecule has 2 amide bonds. The van der Waals surface area contributed by atoms with E-state index in [1.807, 2.05) is 62.4 Å². The zero-order valence-electron chi connectivity index (χ0n) is 19.9. The summed E-state index contributed by atoms with van der Waals surface area (Å²) < 4.78 is 17.6. The van der Waals surface area contributed by atoms with Crippen molar-refractivity contribution >= 4 is 34.0 Å². The Morgan fingerprint density at radius 1 is 1.06 bits per heavy atom. The van der Waals surface area contributed by atoms with Gasteiger partial charge in [-0.05, 0) is 53.9 Å². The van der Waals surface area contributed by atoms with E-state index in [1.54, 1.807) is 18.2 Å². The number of ether oxygens (including phenoxy) is 3. The highest BCUT2D eigenvalue weighted by molar-refractivity contribution is 9.10. The van der Waals surface area contributed by atoms with Gasteiger partial charge in [0.15, 0.2) is 11.5 Å². The lowest BCUT2D eigenvalue weighted by Crippen LogP contribution is -2.48. The molecule has 0 saturated heterocycles. The Morgan fingerprint density at radius 3 is 2.58 bits per heavy atom. The van der Waals surface area contributed by atoms with Gasteiger partial charge in [-0.25, -0.2) is 5.43 Å². The molecule has 0 aromatic heterocycles. The Labute approximate surface area is 217 Å². The molecule has 0 aliphatic carbocycles. The zero-order valence-corrected chi connectivity index (χ0v) is 21.4. The number of nitrogens with one attached hydrogen (secondary N) is 2. The SMILES string of the molecule is CC(C)C(NC(=O)c1ccc2c(c1)OCO2)C(=O)N/N=C/c1ccccc1OCc1ccc(Br)cc1. The van der Waals surface area contributed by atoms with Crippen molar-refractivity contribution in [3.05, 3.63) is 87.9 Å². The number of rotatable bonds is 9. The molecule has 8 nitrogen and oxygen atoms in total. The van der Waals surface area contributed by atoms with Crippen LogP contribution in [-0.2, 0) is 11.4 Å². The summed E-state index contributed by atoms with van der Waals surface area (Å²) in [5.74, 6) is 0.731. The molecule has 186 valence electrons. The summed E-state index contributed by atoms with van der Waals surface area (Å²) in [5.41, 5.74) is 4.63. The van der Waals surface area contributed by atoms with Crippen molar-refractivity contribution in [2.75, 3.05) is 6.79 Å². The number of carbonyl (C=O) groups excluding carboxylic acids is 2. The molecule has 4 rings (SSSR count). The molecule has 2 N–H and O–H groups in total. The third-order valence-electron chi connectivity index (χ3n) is 5.48. The fraction of sp³-hybridized carbons (Fsp3) is 0.222. The molecule has 0 fully saturated rings. The number of fused-ring (bicyclic) bond motifs is 1. The number of halogens is 1. The summed E-state index contributed by atoms with van der Waals surface area (Å²) in [6, 6.07) is 19.4. The lowest BCUT2D eigenvalue weighted by atomic mass is 10.0. The number of carbonyl (C=O) groups is 2. The molecule has 0 saturated carbocycles. The smallest absolute Gasteiger partial charge is 0.262 e. The number of para-hydroxylation sites is 1. The average molecular weight is 552 g/mol. The second-order valence-corrected chi connectivity index (χ2v) is 9.37. The number of benzene rings is 3.